The van der Waals surface area contributed by atoms with Gasteiger partial charge in [-0.1, -0.05) is 54.2 Å². The van der Waals surface area contributed by atoms with Gasteiger partial charge in [0.15, 0.2) is 0 Å². The molecule has 0 atom stereocenters. The Bertz CT molecular complexity index is 773. The molecule has 1 aromatic rings. The summed E-state index contributed by atoms with van der Waals surface area (Å²) in [6.45, 7) is 1.75. The minimum atomic E-state index is -3.63. The molecule has 5 nitrogen and oxygen atoms in total. The molecule has 0 amide bonds. The molecule has 0 bridgehead atoms. The van der Waals surface area contributed by atoms with Crippen molar-refractivity contribution in [3.8, 4) is 6.07 Å². The zero-order valence-corrected chi connectivity index (χ0v) is 13.5. The predicted molar refractivity (Wildman–Crippen MR) is 88.3 cm³/mol. The standard InChI is InChI=1S/C15H14N2O3S2/c1-2-10-22(18,19)20-17-15-9-8-14(21-15)13(11-16)12-6-4-3-5-7-12/h3-9H,2,10H2,1H3. The van der Waals surface area contributed by atoms with Crippen LogP contribution in [0.2, 0.25) is 0 Å². The summed E-state index contributed by atoms with van der Waals surface area (Å²) < 4.78 is 27.5. The number of thioether (sulfide) groups is 1. The van der Waals surface area contributed by atoms with Gasteiger partial charge in [0.25, 0.3) is 0 Å². The summed E-state index contributed by atoms with van der Waals surface area (Å²) in [5.41, 5.74) is 1.32. The topological polar surface area (TPSA) is 79.5 Å². The van der Waals surface area contributed by atoms with Crippen molar-refractivity contribution in [2.45, 2.75) is 13.3 Å². The second-order valence-electron chi connectivity index (χ2n) is 4.42. The lowest BCUT2D eigenvalue weighted by Crippen LogP contribution is -2.06. The zero-order valence-electron chi connectivity index (χ0n) is 11.9. The van der Waals surface area contributed by atoms with Gasteiger partial charge in [-0.3, -0.25) is 4.28 Å². The van der Waals surface area contributed by atoms with Crippen LogP contribution in [0.3, 0.4) is 0 Å². The molecule has 0 unspecified atom stereocenters. The molecule has 0 aromatic heterocycles. The van der Waals surface area contributed by atoms with E-state index in [0.29, 0.717) is 21.9 Å². The van der Waals surface area contributed by atoms with E-state index in [1.54, 1.807) is 19.1 Å². The molecule has 0 spiro atoms. The van der Waals surface area contributed by atoms with Gasteiger partial charge in [-0.05, 0) is 24.1 Å². The van der Waals surface area contributed by atoms with Crippen molar-refractivity contribution < 1.29 is 12.7 Å². The minimum absolute atomic E-state index is 0.0751. The van der Waals surface area contributed by atoms with Crippen LogP contribution in [0.1, 0.15) is 18.9 Å². The highest BCUT2D eigenvalue weighted by Gasteiger charge is 2.17. The van der Waals surface area contributed by atoms with E-state index in [4.69, 9.17) is 0 Å². The maximum absolute atomic E-state index is 11.5. The monoisotopic (exact) mass is 334 g/mol. The van der Waals surface area contributed by atoms with Crippen molar-refractivity contribution in [2.75, 3.05) is 5.75 Å². The molecule has 7 heteroatoms. The molecule has 0 saturated carbocycles. The first-order chi connectivity index (χ1) is 10.6. The van der Waals surface area contributed by atoms with E-state index < -0.39 is 10.1 Å². The summed E-state index contributed by atoms with van der Waals surface area (Å²) in [4.78, 5) is 0.712. The first-order valence-electron chi connectivity index (χ1n) is 6.61. The lowest BCUT2D eigenvalue weighted by Gasteiger charge is -2.02. The summed E-state index contributed by atoms with van der Waals surface area (Å²) in [5, 5.41) is 13.4. The van der Waals surface area contributed by atoms with Crippen molar-refractivity contribution in [3.63, 3.8) is 0 Å². The van der Waals surface area contributed by atoms with Crippen LogP contribution in [0.25, 0.3) is 5.57 Å². The lowest BCUT2D eigenvalue weighted by atomic mass is 10.1. The van der Waals surface area contributed by atoms with Gasteiger partial charge in [-0.2, -0.15) is 13.7 Å². The number of hydrogen-bond donors (Lipinski definition) is 0. The molecular weight excluding hydrogens is 320 g/mol. The molecule has 2 rings (SSSR count). The molecule has 0 N–H and O–H groups in total. The van der Waals surface area contributed by atoms with Gasteiger partial charge in [0.1, 0.15) is 11.1 Å². The Balaban J connectivity index is 2.18. The van der Waals surface area contributed by atoms with Crippen LogP contribution in [-0.4, -0.2) is 19.2 Å². The van der Waals surface area contributed by atoms with Gasteiger partial charge in [0.05, 0.1) is 11.3 Å². The van der Waals surface area contributed by atoms with E-state index >= 15 is 0 Å². The molecule has 1 heterocycles. The molecule has 0 fully saturated rings. The zero-order chi connectivity index (χ0) is 16.0. The number of hydrogen-bond acceptors (Lipinski definition) is 6. The highest BCUT2D eigenvalue weighted by molar-refractivity contribution is 8.18. The Labute approximate surface area is 134 Å². The van der Waals surface area contributed by atoms with Crippen molar-refractivity contribution in [1.29, 1.82) is 5.26 Å². The first-order valence-corrected chi connectivity index (χ1v) is 9.00. The molecule has 0 radical (unpaired) electrons. The number of oxime groups is 1. The number of nitriles is 1. The average molecular weight is 334 g/mol. The van der Waals surface area contributed by atoms with E-state index in [0.717, 1.165) is 5.56 Å². The summed E-state index contributed by atoms with van der Waals surface area (Å²) >= 11 is 1.20. The molecule has 1 aromatic carbocycles. The Morgan fingerprint density at radius 1 is 1.32 bits per heavy atom. The van der Waals surface area contributed by atoms with Gasteiger partial charge in [0.2, 0.25) is 0 Å². The maximum atomic E-state index is 11.5. The van der Waals surface area contributed by atoms with Crippen LogP contribution in [0.15, 0.2) is 52.5 Å². The molecular formula is C15H14N2O3S2. The van der Waals surface area contributed by atoms with Crippen LogP contribution in [0.5, 0.6) is 0 Å². The fourth-order valence-electron chi connectivity index (χ4n) is 1.76. The van der Waals surface area contributed by atoms with E-state index in [9.17, 15) is 13.7 Å². The lowest BCUT2D eigenvalue weighted by molar-refractivity contribution is 0.340. The Morgan fingerprint density at radius 3 is 2.68 bits per heavy atom. The highest BCUT2D eigenvalue weighted by atomic mass is 32.2. The number of rotatable bonds is 5. The maximum Gasteiger partial charge on any atom is 0.328 e. The summed E-state index contributed by atoms with van der Waals surface area (Å²) in [6, 6.07) is 11.4. The average Bonchev–Trinajstić information content (AvgIpc) is 2.96. The summed E-state index contributed by atoms with van der Waals surface area (Å²) in [5.74, 6) is -0.0751. The van der Waals surface area contributed by atoms with Crippen LogP contribution in [0.4, 0.5) is 0 Å². The van der Waals surface area contributed by atoms with Crippen molar-refractivity contribution in [1.82, 2.24) is 0 Å². The molecule has 0 aliphatic carbocycles. The number of benzene rings is 1. The first kappa shape index (κ1) is 16.3. The fourth-order valence-corrected chi connectivity index (χ4v) is 3.41. The third kappa shape index (κ3) is 4.23. The van der Waals surface area contributed by atoms with E-state index in [1.807, 2.05) is 30.3 Å². The Morgan fingerprint density at radius 2 is 2.05 bits per heavy atom. The summed E-state index contributed by atoms with van der Waals surface area (Å²) in [6.07, 6.45) is 3.82. The van der Waals surface area contributed by atoms with Crippen LogP contribution >= 0.6 is 11.8 Å². The van der Waals surface area contributed by atoms with Crippen LogP contribution in [0, 0.1) is 11.3 Å². The van der Waals surface area contributed by atoms with Gasteiger partial charge in [-0.25, -0.2) is 0 Å². The van der Waals surface area contributed by atoms with Crippen molar-refractivity contribution in [2.24, 2.45) is 5.16 Å². The van der Waals surface area contributed by atoms with Crippen LogP contribution < -0.4 is 0 Å². The highest BCUT2D eigenvalue weighted by Crippen LogP contribution is 2.33. The molecule has 1 aliphatic heterocycles. The fraction of sp³-hybridized carbons (Fsp3) is 0.200. The summed E-state index contributed by atoms with van der Waals surface area (Å²) in [7, 11) is -3.63. The molecule has 0 saturated heterocycles. The van der Waals surface area contributed by atoms with E-state index in [2.05, 4.69) is 15.5 Å². The van der Waals surface area contributed by atoms with Crippen molar-refractivity contribution >= 4 is 32.5 Å². The van der Waals surface area contributed by atoms with Gasteiger partial charge in [0, 0.05) is 4.91 Å². The van der Waals surface area contributed by atoms with Crippen molar-refractivity contribution in [3.05, 3.63) is 53.0 Å². The number of allylic oxidation sites excluding steroid dienone is 2. The SMILES string of the molecule is CCCS(=O)(=O)ON=C1C=CC(=C(C#N)c2ccccc2)S1. The van der Waals surface area contributed by atoms with Crippen LogP contribution in [-0.2, 0) is 14.4 Å². The van der Waals surface area contributed by atoms with E-state index in [1.165, 1.54) is 11.8 Å². The predicted octanol–water partition coefficient (Wildman–Crippen LogP) is 3.29. The second-order valence-corrected chi connectivity index (χ2v) is 7.15. The second kappa shape index (κ2) is 7.29. The molecule has 22 heavy (non-hydrogen) atoms. The normalized spacial score (nSPS) is 18.3. The Hall–Kier alpha value is -2.04. The Kier molecular flexibility index (Phi) is 5.41. The van der Waals surface area contributed by atoms with Gasteiger partial charge in [-0.15, -0.1) is 0 Å². The third-order valence-corrected chi connectivity index (χ3v) is 4.90. The minimum Gasteiger partial charge on any atom is -0.267 e. The molecule has 114 valence electrons. The van der Waals surface area contributed by atoms with E-state index in [-0.39, 0.29) is 5.75 Å². The number of nitrogens with zero attached hydrogens (tertiary/aromatic N) is 2. The third-order valence-electron chi connectivity index (χ3n) is 2.71. The van der Waals surface area contributed by atoms with Gasteiger partial charge >= 0.3 is 10.1 Å². The largest absolute Gasteiger partial charge is 0.328 e. The molecule has 1 aliphatic rings. The quantitative estimate of drug-likeness (QED) is 0.610. The smallest absolute Gasteiger partial charge is 0.267 e. The van der Waals surface area contributed by atoms with Gasteiger partial charge < -0.3 is 0 Å².